The number of aryl methyl sites for hydroxylation is 1. The summed E-state index contributed by atoms with van der Waals surface area (Å²) < 4.78 is 32.1. The molecule has 2 aliphatic rings. The van der Waals surface area contributed by atoms with Crippen molar-refractivity contribution in [1.82, 2.24) is 24.5 Å². The SMILES string of the molecule is O=C(CCc1ccc(S(=O)(=O)N2CCOCC2)cc1)NCCN1CCN(c2ncccn2)CC1. The van der Waals surface area contributed by atoms with E-state index in [-0.39, 0.29) is 10.8 Å². The van der Waals surface area contributed by atoms with E-state index in [9.17, 15) is 13.2 Å². The van der Waals surface area contributed by atoms with Gasteiger partial charge in [-0.3, -0.25) is 9.69 Å². The Hall–Kier alpha value is -2.60. The van der Waals surface area contributed by atoms with Crippen molar-refractivity contribution in [2.75, 3.05) is 70.5 Å². The van der Waals surface area contributed by atoms with E-state index in [4.69, 9.17) is 4.74 Å². The zero-order chi connectivity index (χ0) is 23.8. The maximum absolute atomic E-state index is 12.7. The number of nitrogens with one attached hydrogen (secondary N) is 1. The van der Waals surface area contributed by atoms with Crippen molar-refractivity contribution in [2.24, 2.45) is 0 Å². The molecule has 4 rings (SSSR count). The van der Waals surface area contributed by atoms with Crippen LogP contribution in [-0.2, 0) is 26.0 Å². The minimum atomic E-state index is -3.49. The summed E-state index contributed by atoms with van der Waals surface area (Å²) >= 11 is 0. The fourth-order valence-electron chi connectivity index (χ4n) is 4.09. The maximum Gasteiger partial charge on any atom is 0.243 e. The van der Waals surface area contributed by atoms with Crippen LogP contribution in [0.2, 0.25) is 0 Å². The molecule has 2 saturated heterocycles. The fraction of sp³-hybridized carbons (Fsp3) is 0.522. The lowest BCUT2D eigenvalue weighted by Crippen LogP contribution is -2.49. The molecule has 1 aromatic heterocycles. The van der Waals surface area contributed by atoms with Gasteiger partial charge in [0.1, 0.15) is 0 Å². The van der Waals surface area contributed by atoms with Gasteiger partial charge in [-0.2, -0.15) is 4.31 Å². The molecule has 2 aliphatic heterocycles. The first-order valence-corrected chi connectivity index (χ1v) is 13.1. The number of aromatic nitrogens is 2. The predicted molar refractivity (Wildman–Crippen MR) is 128 cm³/mol. The molecule has 0 bridgehead atoms. The van der Waals surface area contributed by atoms with E-state index >= 15 is 0 Å². The Labute approximate surface area is 201 Å². The Morgan fingerprint density at radius 3 is 2.32 bits per heavy atom. The summed E-state index contributed by atoms with van der Waals surface area (Å²) in [5.74, 6) is 0.767. The Kier molecular flexibility index (Phi) is 8.44. The highest BCUT2D eigenvalue weighted by Crippen LogP contribution is 2.18. The summed E-state index contributed by atoms with van der Waals surface area (Å²) in [6.45, 7) is 6.58. The lowest BCUT2D eigenvalue weighted by atomic mass is 10.1. The molecule has 1 aromatic carbocycles. The number of ether oxygens (including phenoxy) is 1. The van der Waals surface area contributed by atoms with E-state index in [1.54, 1.807) is 36.7 Å². The number of carbonyl (C=O) groups is 1. The van der Waals surface area contributed by atoms with Gasteiger partial charge in [-0.25, -0.2) is 18.4 Å². The monoisotopic (exact) mass is 488 g/mol. The van der Waals surface area contributed by atoms with Crippen molar-refractivity contribution in [1.29, 1.82) is 0 Å². The van der Waals surface area contributed by atoms with Crippen LogP contribution in [0.3, 0.4) is 0 Å². The molecule has 2 aromatic rings. The number of sulfonamides is 1. The lowest BCUT2D eigenvalue weighted by Gasteiger charge is -2.34. The Bertz CT molecular complexity index is 1020. The summed E-state index contributed by atoms with van der Waals surface area (Å²) in [5, 5.41) is 2.99. The number of amides is 1. The second kappa shape index (κ2) is 11.7. The molecule has 34 heavy (non-hydrogen) atoms. The van der Waals surface area contributed by atoms with E-state index in [0.29, 0.717) is 45.7 Å². The zero-order valence-corrected chi connectivity index (χ0v) is 20.1. The van der Waals surface area contributed by atoms with Crippen LogP contribution >= 0.6 is 0 Å². The number of carbonyl (C=O) groups excluding carboxylic acids is 1. The second-order valence-electron chi connectivity index (χ2n) is 8.39. The molecule has 184 valence electrons. The number of nitrogens with zero attached hydrogens (tertiary/aromatic N) is 5. The van der Waals surface area contributed by atoms with Crippen molar-refractivity contribution in [3.63, 3.8) is 0 Å². The summed E-state index contributed by atoms with van der Waals surface area (Å²) in [7, 11) is -3.49. The Balaban J connectivity index is 1.14. The summed E-state index contributed by atoms with van der Waals surface area (Å²) in [5.41, 5.74) is 0.940. The third kappa shape index (κ3) is 6.50. The number of hydrogen-bond acceptors (Lipinski definition) is 8. The minimum Gasteiger partial charge on any atom is -0.379 e. The highest BCUT2D eigenvalue weighted by molar-refractivity contribution is 7.89. The number of morpholine rings is 1. The van der Waals surface area contributed by atoms with E-state index < -0.39 is 10.0 Å². The van der Waals surface area contributed by atoms with Gasteiger partial charge in [0.2, 0.25) is 21.9 Å². The van der Waals surface area contributed by atoms with Gasteiger partial charge in [0.05, 0.1) is 18.1 Å². The predicted octanol–water partition coefficient (Wildman–Crippen LogP) is 0.369. The molecular weight excluding hydrogens is 456 g/mol. The van der Waals surface area contributed by atoms with Crippen LogP contribution in [0.4, 0.5) is 5.95 Å². The summed E-state index contributed by atoms with van der Waals surface area (Å²) in [6, 6.07) is 8.64. The van der Waals surface area contributed by atoms with Crippen molar-refractivity contribution < 1.29 is 17.9 Å². The van der Waals surface area contributed by atoms with Crippen LogP contribution in [0.15, 0.2) is 47.6 Å². The van der Waals surface area contributed by atoms with E-state index in [2.05, 4.69) is 25.1 Å². The average Bonchev–Trinajstić information content (AvgIpc) is 2.89. The van der Waals surface area contributed by atoms with Gasteiger partial charge < -0.3 is 15.0 Å². The van der Waals surface area contributed by atoms with Crippen LogP contribution in [0.1, 0.15) is 12.0 Å². The smallest absolute Gasteiger partial charge is 0.243 e. The summed E-state index contributed by atoms with van der Waals surface area (Å²) in [6.07, 6.45) is 4.45. The van der Waals surface area contributed by atoms with Gasteiger partial charge in [0.25, 0.3) is 0 Å². The molecule has 11 heteroatoms. The maximum atomic E-state index is 12.7. The molecule has 0 unspecified atom stereocenters. The fourth-order valence-corrected chi connectivity index (χ4v) is 5.50. The van der Waals surface area contributed by atoms with Crippen LogP contribution in [0.5, 0.6) is 0 Å². The van der Waals surface area contributed by atoms with E-state index in [0.717, 1.165) is 44.2 Å². The van der Waals surface area contributed by atoms with Gasteiger partial charge in [-0.15, -0.1) is 0 Å². The molecule has 0 aliphatic carbocycles. The van der Waals surface area contributed by atoms with E-state index in [1.165, 1.54) is 4.31 Å². The molecule has 1 N–H and O–H groups in total. The topological polar surface area (TPSA) is 108 Å². The zero-order valence-electron chi connectivity index (χ0n) is 19.3. The number of rotatable bonds is 9. The molecule has 0 spiro atoms. The molecule has 2 fully saturated rings. The number of anilines is 1. The van der Waals surface area contributed by atoms with Crippen LogP contribution < -0.4 is 10.2 Å². The largest absolute Gasteiger partial charge is 0.379 e. The van der Waals surface area contributed by atoms with Crippen LogP contribution in [0, 0.1) is 0 Å². The molecule has 0 radical (unpaired) electrons. The molecule has 0 saturated carbocycles. The van der Waals surface area contributed by atoms with Crippen molar-refractivity contribution in [3.8, 4) is 0 Å². The molecular formula is C23H32N6O4S. The first kappa shape index (κ1) is 24.5. The normalized spacial score (nSPS) is 18.1. The molecule has 0 atom stereocenters. The molecule has 3 heterocycles. The Morgan fingerprint density at radius 1 is 0.971 bits per heavy atom. The number of piperazine rings is 1. The number of hydrogen-bond donors (Lipinski definition) is 1. The highest BCUT2D eigenvalue weighted by Gasteiger charge is 2.26. The number of benzene rings is 1. The van der Waals surface area contributed by atoms with Gasteiger partial charge in [0.15, 0.2) is 0 Å². The van der Waals surface area contributed by atoms with Crippen molar-refractivity contribution >= 4 is 21.9 Å². The first-order valence-electron chi connectivity index (χ1n) is 11.7. The minimum absolute atomic E-state index is 0.00124. The second-order valence-corrected chi connectivity index (χ2v) is 10.3. The first-order chi connectivity index (χ1) is 16.5. The van der Waals surface area contributed by atoms with Crippen molar-refractivity contribution in [3.05, 3.63) is 48.3 Å². The lowest BCUT2D eigenvalue weighted by molar-refractivity contribution is -0.121. The average molecular weight is 489 g/mol. The van der Waals surface area contributed by atoms with Crippen LogP contribution in [-0.4, -0.2) is 99.1 Å². The van der Waals surface area contributed by atoms with Gasteiger partial charge in [0, 0.05) is 71.2 Å². The van der Waals surface area contributed by atoms with Gasteiger partial charge >= 0.3 is 0 Å². The highest BCUT2D eigenvalue weighted by atomic mass is 32.2. The van der Waals surface area contributed by atoms with Gasteiger partial charge in [-0.1, -0.05) is 12.1 Å². The summed E-state index contributed by atoms with van der Waals surface area (Å²) in [4.78, 5) is 25.6. The van der Waals surface area contributed by atoms with Gasteiger partial charge in [-0.05, 0) is 30.2 Å². The van der Waals surface area contributed by atoms with E-state index in [1.807, 2.05) is 6.07 Å². The third-order valence-corrected chi connectivity index (χ3v) is 8.04. The standard InChI is InChI=1S/C23H32N6O4S/c30-22(24-10-11-27-12-14-28(15-13-27)23-25-8-1-9-26-23)7-4-20-2-5-21(6-3-20)34(31,32)29-16-18-33-19-17-29/h1-3,5-6,8-9H,4,7,10-19H2,(H,24,30). The molecule has 1 amide bonds. The van der Waals surface area contributed by atoms with Crippen molar-refractivity contribution in [2.45, 2.75) is 17.7 Å². The Morgan fingerprint density at radius 2 is 1.65 bits per heavy atom. The quantitative estimate of drug-likeness (QED) is 0.539. The van der Waals surface area contributed by atoms with Crippen LogP contribution in [0.25, 0.3) is 0 Å². The third-order valence-electron chi connectivity index (χ3n) is 6.13. The molecule has 10 nitrogen and oxygen atoms in total.